The van der Waals surface area contributed by atoms with Gasteiger partial charge in [0.2, 0.25) is 5.91 Å². The Labute approximate surface area is 91.0 Å². The number of rotatable bonds is 3. The van der Waals surface area contributed by atoms with Gasteiger partial charge in [-0.15, -0.1) is 0 Å². The molecule has 0 aromatic carbocycles. The van der Waals surface area contributed by atoms with Crippen molar-refractivity contribution in [3.63, 3.8) is 0 Å². The second-order valence-corrected chi connectivity index (χ2v) is 4.67. The van der Waals surface area contributed by atoms with Gasteiger partial charge in [0.1, 0.15) is 6.61 Å². The molecule has 2 saturated heterocycles. The minimum atomic E-state index is 0.152. The van der Waals surface area contributed by atoms with Gasteiger partial charge in [0, 0.05) is 25.2 Å². The summed E-state index contributed by atoms with van der Waals surface area (Å²) in [6, 6.07) is 0.770. The summed E-state index contributed by atoms with van der Waals surface area (Å²) in [5.41, 5.74) is 0. The zero-order chi connectivity index (χ0) is 10.8. The van der Waals surface area contributed by atoms with Gasteiger partial charge in [-0.1, -0.05) is 0 Å². The number of carbonyl (C=O) groups is 1. The van der Waals surface area contributed by atoms with Crippen LogP contribution in [0.25, 0.3) is 0 Å². The van der Waals surface area contributed by atoms with Gasteiger partial charge in [0.15, 0.2) is 0 Å². The van der Waals surface area contributed by atoms with Crippen LogP contribution in [-0.4, -0.2) is 48.7 Å². The van der Waals surface area contributed by atoms with E-state index in [2.05, 4.69) is 19.2 Å². The van der Waals surface area contributed by atoms with Crippen molar-refractivity contribution in [3.8, 4) is 0 Å². The van der Waals surface area contributed by atoms with Crippen LogP contribution in [-0.2, 0) is 9.53 Å². The predicted molar refractivity (Wildman–Crippen MR) is 57.6 cm³/mol. The number of hydrogen-bond acceptors (Lipinski definition) is 3. The van der Waals surface area contributed by atoms with E-state index in [1.807, 2.05) is 4.90 Å². The Morgan fingerprint density at radius 2 is 1.93 bits per heavy atom. The van der Waals surface area contributed by atoms with E-state index in [9.17, 15) is 4.79 Å². The standard InChI is InChI=1S/C11H20N2O2/c1-8-3-4-9(2)13(8)11(14)7-15-10-5-12-6-10/h8-10,12H,3-7H2,1-2H3. The smallest absolute Gasteiger partial charge is 0.249 e. The Bertz CT molecular complexity index is 231. The number of ether oxygens (including phenoxy) is 1. The van der Waals surface area contributed by atoms with Crippen LogP contribution in [0.4, 0.5) is 0 Å². The first-order valence-corrected chi connectivity index (χ1v) is 5.82. The van der Waals surface area contributed by atoms with Crippen LogP contribution < -0.4 is 5.32 Å². The van der Waals surface area contributed by atoms with Crippen molar-refractivity contribution in [3.05, 3.63) is 0 Å². The molecule has 1 N–H and O–H groups in total. The highest BCUT2D eigenvalue weighted by atomic mass is 16.5. The Morgan fingerprint density at radius 1 is 1.33 bits per heavy atom. The summed E-state index contributed by atoms with van der Waals surface area (Å²) in [7, 11) is 0. The molecule has 1 amide bonds. The van der Waals surface area contributed by atoms with Gasteiger partial charge in [0.25, 0.3) is 0 Å². The molecular formula is C11H20N2O2. The Hall–Kier alpha value is -0.610. The molecule has 2 unspecified atom stereocenters. The Morgan fingerprint density at radius 3 is 2.40 bits per heavy atom. The second kappa shape index (κ2) is 4.49. The maximum atomic E-state index is 11.9. The van der Waals surface area contributed by atoms with Gasteiger partial charge >= 0.3 is 0 Å². The molecular weight excluding hydrogens is 192 g/mol. The third-order valence-corrected chi connectivity index (χ3v) is 3.43. The van der Waals surface area contributed by atoms with Crippen LogP contribution in [0.1, 0.15) is 26.7 Å². The maximum Gasteiger partial charge on any atom is 0.249 e. The first-order chi connectivity index (χ1) is 7.18. The maximum absolute atomic E-state index is 11.9. The zero-order valence-electron chi connectivity index (χ0n) is 9.53. The summed E-state index contributed by atoms with van der Waals surface area (Å²) < 4.78 is 5.50. The average Bonchev–Trinajstić information content (AvgIpc) is 2.43. The number of hydrogen-bond donors (Lipinski definition) is 1. The van der Waals surface area contributed by atoms with Crippen LogP contribution in [0.5, 0.6) is 0 Å². The van der Waals surface area contributed by atoms with Crippen LogP contribution in [0, 0.1) is 0 Å². The number of likely N-dealkylation sites (tertiary alicyclic amines) is 1. The third kappa shape index (κ3) is 2.32. The lowest BCUT2D eigenvalue weighted by atomic mass is 10.2. The molecule has 4 nitrogen and oxygen atoms in total. The zero-order valence-corrected chi connectivity index (χ0v) is 9.53. The summed E-state index contributed by atoms with van der Waals surface area (Å²) >= 11 is 0. The molecule has 0 radical (unpaired) electrons. The highest BCUT2D eigenvalue weighted by Gasteiger charge is 2.31. The van der Waals surface area contributed by atoms with E-state index in [0.717, 1.165) is 25.9 Å². The normalized spacial score (nSPS) is 31.7. The van der Waals surface area contributed by atoms with E-state index in [4.69, 9.17) is 4.74 Å². The van der Waals surface area contributed by atoms with Crippen molar-refractivity contribution in [1.82, 2.24) is 10.2 Å². The Balaban J connectivity index is 1.78. The fourth-order valence-corrected chi connectivity index (χ4v) is 2.33. The number of nitrogens with zero attached hydrogens (tertiary/aromatic N) is 1. The van der Waals surface area contributed by atoms with Crippen molar-refractivity contribution < 1.29 is 9.53 Å². The molecule has 15 heavy (non-hydrogen) atoms. The molecule has 2 fully saturated rings. The summed E-state index contributed by atoms with van der Waals surface area (Å²) in [5, 5.41) is 3.12. The molecule has 0 aromatic rings. The third-order valence-electron chi connectivity index (χ3n) is 3.43. The number of amides is 1. The molecule has 2 rings (SSSR count). The molecule has 0 spiro atoms. The van der Waals surface area contributed by atoms with Gasteiger partial charge in [-0.25, -0.2) is 0 Å². The molecule has 86 valence electrons. The average molecular weight is 212 g/mol. The van der Waals surface area contributed by atoms with Gasteiger partial charge in [0.05, 0.1) is 6.10 Å². The van der Waals surface area contributed by atoms with Gasteiger partial charge in [-0.05, 0) is 26.7 Å². The quantitative estimate of drug-likeness (QED) is 0.735. The predicted octanol–water partition coefficient (Wildman–Crippen LogP) is 0.374. The van der Waals surface area contributed by atoms with Crippen molar-refractivity contribution >= 4 is 5.91 Å². The van der Waals surface area contributed by atoms with Crippen molar-refractivity contribution in [2.45, 2.75) is 44.9 Å². The SMILES string of the molecule is CC1CCC(C)N1C(=O)COC1CNC1. The van der Waals surface area contributed by atoms with Crippen LogP contribution in [0.2, 0.25) is 0 Å². The highest BCUT2D eigenvalue weighted by molar-refractivity contribution is 5.78. The van der Waals surface area contributed by atoms with Crippen LogP contribution in [0.3, 0.4) is 0 Å². The van der Waals surface area contributed by atoms with E-state index < -0.39 is 0 Å². The van der Waals surface area contributed by atoms with E-state index in [1.54, 1.807) is 0 Å². The minimum Gasteiger partial charge on any atom is -0.366 e. The van der Waals surface area contributed by atoms with Crippen LogP contribution >= 0.6 is 0 Å². The first-order valence-electron chi connectivity index (χ1n) is 5.82. The molecule has 0 aliphatic carbocycles. The fourth-order valence-electron chi connectivity index (χ4n) is 2.33. The lowest BCUT2D eigenvalue weighted by Crippen LogP contribution is -2.50. The summed E-state index contributed by atoms with van der Waals surface area (Å²) in [6.07, 6.45) is 2.50. The molecule has 2 aliphatic heterocycles. The molecule has 4 heteroatoms. The van der Waals surface area contributed by atoms with Crippen LogP contribution in [0.15, 0.2) is 0 Å². The van der Waals surface area contributed by atoms with E-state index in [1.165, 1.54) is 0 Å². The van der Waals surface area contributed by atoms with E-state index in [-0.39, 0.29) is 18.6 Å². The lowest BCUT2D eigenvalue weighted by molar-refractivity contribution is -0.141. The first kappa shape index (κ1) is 10.9. The molecule has 2 atom stereocenters. The lowest BCUT2D eigenvalue weighted by Gasteiger charge is -2.30. The van der Waals surface area contributed by atoms with Gasteiger partial charge < -0.3 is 15.0 Å². The number of carbonyl (C=O) groups excluding carboxylic acids is 1. The van der Waals surface area contributed by atoms with Gasteiger partial charge in [-0.3, -0.25) is 4.79 Å². The molecule has 0 bridgehead atoms. The molecule has 2 aliphatic rings. The molecule has 0 saturated carbocycles. The van der Waals surface area contributed by atoms with Gasteiger partial charge in [-0.2, -0.15) is 0 Å². The van der Waals surface area contributed by atoms with Crippen molar-refractivity contribution in [2.24, 2.45) is 0 Å². The number of nitrogens with one attached hydrogen (secondary N) is 1. The molecule has 0 aromatic heterocycles. The summed E-state index contributed by atoms with van der Waals surface area (Å²) in [6.45, 7) is 6.26. The van der Waals surface area contributed by atoms with E-state index >= 15 is 0 Å². The van der Waals surface area contributed by atoms with E-state index in [0.29, 0.717) is 12.1 Å². The summed E-state index contributed by atoms with van der Waals surface area (Å²) in [5.74, 6) is 0.152. The highest BCUT2D eigenvalue weighted by Crippen LogP contribution is 2.23. The van der Waals surface area contributed by atoms with Crippen molar-refractivity contribution in [2.75, 3.05) is 19.7 Å². The monoisotopic (exact) mass is 212 g/mol. The largest absolute Gasteiger partial charge is 0.366 e. The molecule has 2 heterocycles. The topological polar surface area (TPSA) is 41.6 Å². The fraction of sp³-hybridized carbons (Fsp3) is 0.909. The second-order valence-electron chi connectivity index (χ2n) is 4.67. The van der Waals surface area contributed by atoms with Crippen molar-refractivity contribution in [1.29, 1.82) is 0 Å². The Kier molecular flexibility index (Phi) is 3.26. The minimum absolute atomic E-state index is 0.152. The summed E-state index contributed by atoms with van der Waals surface area (Å²) in [4.78, 5) is 13.9.